The number of benzene rings is 2. The molecule has 1 N–H and O–H groups in total. The zero-order chi connectivity index (χ0) is 19.7. The van der Waals surface area contributed by atoms with Crippen LogP contribution in [0.15, 0.2) is 47.4 Å². The first kappa shape index (κ1) is 20.0. The molecule has 0 saturated heterocycles. The third kappa shape index (κ3) is 3.92. The highest BCUT2D eigenvalue weighted by Crippen LogP contribution is 2.38. The van der Waals surface area contributed by atoms with Crippen LogP contribution in [-0.4, -0.2) is 19.7 Å². The van der Waals surface area contributed by atoms with Gasteiger partial charge in [-0.15, -0.1) is 0 Å². The summed E-state index contributed by atoms with van der Waals surface area (Å²) in [6.07, 6.45) is 3.07. The summed E-state index contributed by atoms with van der Waals surface area (Å²) in [6.45, 7) is 4.01. The van der Waals surface area contributed by atoms with E-state index in [0.717, 1.165) is 18.9 Å². The molecule has 3 nitrogen and oxygen atoms in total. The fourth-order valence-electron chi connectivity index (χ4n) is 3.89. The van der Waals surface area contributed by atoms with Crippen molar-refractivity contribution < 1.29 is 17.2 Å². The number of unbranched alkanes of at least 4 members (excludes halogenated alkanes) is 1. The van der Waals surface area contributed by atoms with Crippen LogP contribution in [0.3, 0.4) is 0 Å². The monoisotopic (exact) mass is 393 g/mol. The second-order valence-corrected chi connectivity index (χ2v) is 9.24. The van der Waals surface area contributed by atoms with Gasteiger partial charge in [-0.3, -0.25) is 5.32 Å². The zero-order valence-electron chi connectivity index (χ0n) is 15.6. The second kappa shape index (κ2) is 7.68. The van der Waals surface area contributed by atoms with E-state index in [-0.39, 0.29) is 16.2 Å². The van der Waals surface area contributed by atoms with E-state index in [9.17, 15) is 17.2 Å². The fourth-order valence-corrected chi connectivity index (χ4v) is 6.04. The molecule has 0 aromatic heterocycles. The summed E-state index contributed by atoms with van der Waals surface area (Å²) in [7, 11) is -3.55. The molecular weight excluding hydrogens is 368 g/mol. The van der Waals surface area contributed by atoms with E-state index in [2.05, 4.69) is 12.2 Å². The Labute approximate surface area is 159 Å². The minimum Gasteiger partial charge on any atom is -0.300 e. The van der Waals surface area contributed by atoms with Gasteiger partial charge in [-0.2, -0.15) is 0 Å². The van der Waals surface area contributed by atoms with Crippen LogP contribution in [0.4, 0.5) is 8.78 Å². The van der Waals surface area contributed by atoms with Gasteiger partial charge in [0.15, 0.2) is 9.84 Å². The third-order valence-electron chi connectivity index (χ3n) is 5.44. The van der Waals surface area contributed by atoms with Crippen molar-refractivity contribution in [2.75, 3.05) is 5.75 Å². The molecule has 1 heterocycles. The molecule has 1 aliphatic rings. The summed E-state index contributed by atoms with van der Waals surface area (Å²) in [4.78, 5) is 0.220. The largest absolute Gasteiger partial charge is 0.300 e. The van der Waals surface area contributed by atoms with Gasteiger partial charge in [0.1, 0.15) is 11.6 Å². The number of hydrogen-bond donors (Lipinski definition) is 1. The topological polar surface area (TPSA) is 46.2 Å². The average molecular weight is 393 g/mol. The van der Waals surface area contributed by atoms with Crippen LogP contribution < -0.4 is 5.32 Å². The molecule has 2 atom stereocenters. The summed E-state index contributed by atoms with van der Waals surface area (Å²) in [5.41, 5.74) is 0.101. The Morgan fingerprint density at radius 3 is 2.52 bits per heavy atom. The molecule has 0 aliphatic carbocycles. The Bertz CT molecular complexity index is 930. The lowest BCUT2D eigenvalue weighted by Crippen LogP contribution is -2.50. The summed E-state index contributed by atoms with van der Waals surface area (Å²) >= 11 is 0. The quantitative estimate of drug-likeness (QED) is 0.796. The predicted molar refractivity (Wildman–Crippen MR) is 102 cm³/mol. The molecule has 27 heavy (non-hydrogen) atoms. The Morgan fingerprint density at radius 2 is 1.85 bits per heavy atom. The minimum absolute atomic E-state index is 0.0349. The molecular formula is C21H25F2NO2S. The molecule has 0 spiro atoms. The Hall–Kier alpha value is -1.79. The standard InChI is InChI=1S/C21H25F2NO2S/c1-3-5-12-21(4-2)14-27(25,26)19-9-7-6-8-17(19)20(24-21)16-11-10-15(22)13-18(16)23/h6-11,13,20,24H,3-5,12,14H2,1-2H3. The molecule has 2 aromatic carbocycles. The highest BCUT2D eigenvalue weighted by atomic mass is 32.2. The lowest BCUT2D eigenvalue weighted by atomic mass is 9.88. The molecule has 0 saturated carbocycles. The smallest absolute Gasteiger partial charge is 0.180 e. The highest BCUT2D eigenvalue weighted by molar-refractivity contribution is 7.91. The van der Waals surface area contributed by atoms with Gasteiger partial charge >= 0.3 is 0 Å². The predicted octanol–water partition coefficient (Wildman–Crippen LogP) is 4.77. The minimum atomic E-state index is -3.55. The van der Waals surface area contributed by atoms with Crippen LogP contribution in [0.2, 0.25) is 0 Å². The van der Waals surface area contributed by atoms with E-state index in [1.165, 1.54) is 12.1 Å². The summed E-state index contributed by atoms with van der Waals surface area (Å²) < 4.78 is 54.4. The van der Waals surface area contributed by atoms with Gasteiger partial charge in [-0.1, -0.05) is 51.0 Å². The van der Waals surface area contributed by atoms with Crippen LogP contribution in [0.5, 0.6) is 0 Å². The zero-order valence-corrected chi connectivity index (χ0v) is 16.5. The lowest BCUT2D eigenvalue weighted by molar-refractivity contribution is 0.292. The van der Waals surface area contributed by atoms with E-state index >= 15 is 0 Å². The van der Waals surface area contributed by atoms with Crippen molar-refractivity contribution in [3.63, 3.8) is 0 Å². The summed E-state index contributed by atoms with van der Waals surface area (Å²) in [5.74, 6) is -1.37. The number of nitrogens with one attached hydrogen (secondary N) is 1. The maximum Gasteiger partial charge on any atom is 0.180 e. The van der Waals surface area contributed by atoms with Gasteiger partial charge in [0, 0.05) is 17.2 Å². The van der Waals surface area contributed by atoms with E-state index in [1.807, 2.05) is 6.92 Å². The van der Waals surface area contributed by atoms with E-state index in [1.54, 1.807) is 24.3 Å². The maximum absolute atomic E-state index is 14.6. The maximum atomic E-state index is 14.6. The van der Waals surface area contributed by atoms with Crippen molar-refractivity contribution in [2.24, 2.45) is 0 Å². The second-order valence-electron chi connectivity index (χ2n) is 7.28. The molecule has 0 fully saturated rings. The molecule has 146 valence electrons. The third-order valence-corrected chi connectivity index (χ3v) is 7.42. The molecule has 2 aromatic rings. The van der Waals surface area contributed by atoms with Crippen molar-refractivity contribution in [3.05, 3.63) is 65.2 Å². The molecule has 0 radical (unpaired) electrons. The molecule has 6 heteroatoms. The number of hydrogen-bond acceptors (Lipinski definition) is 3. The van der Waals surface area contributed by atoms with Gasteiger partial charge in [0.2, 0.25) is 0 Å². The van der Waals surface area contributed by atoms with Crippen molar-refractivity contribution in [1.29, 1.82) is 0 Å². The Balaban J connectivity index is 2.22. The van der Waals surface area contributed by atoms with Crippen molar-refractivity contribution in [1.82, 2.24) is 5.32 Å². The van der Waals surface area contributed by atoms with E-state index in [0.29, 0.717) is 18.4 Å². The van der Waals surface area contributed by atoms with Crippen LogP contribution >= 0.6 is 0 Å². The molecule has 0 bridgehead atoms. The van der Waals surface area contributed by atoms with Crippen LogP contribution in [0.25, 0.3) is 0 Å². The van der Waals surface area contributed by atoms with E-state index < -0.39 is 33.1 Å². The first-order valence-electron chi connectivity index (χ1n) is 9.36. The Morgan fingerprint density at radius 1 is 1.11 bits per heavy atom. The normalized spacial score (nSPS) is 24.2. The lowest BCUT2D eigenvalue weighted by Gasteiger charge is -2.36. The highest BCUT2D eigenvalue weighted by Gasteiger charge is 2.42. The van der Waals surface area contributed by atoms with Crippen LogP contribution in [0.1, 0.15) is 56.7 Å². The van der Waals surface area contributed by atoms with Crippen molar-refractivity contribution in [3.8, 4) is 0 Å². The fraction of sp³-hybridized carbons (Fsp3) is 0.429. The Kier molecular flexibility index (Phi) is 5.68. The SMILES string of the molecule is CCCCC1(CC)CS(=O)(=O)c2ccccc2C(c2ccc(F)cc2F)N1. The summed E-state index contributed by atoms with van der Waals surface area (Å²) in [5, 5.41) is 3.46. The summed E-state index contributed by atoms with van der Waals surface area (Å²) in [6, 6.07) is 9.51. The molecule has 3 rings (SSSR count). The number of rotatable bonds is 5. The van der Waals surface area contributed by atoms with Crippen LogP contribution in [-0.2, 0) is 9.84 Å². The number of sulfone groups is 1. The first-order chi connectivity index (χ1) is 12.8. The number of fused-ring (bicyclic) bond motifs is 1. The van der Waals surface area contributed by atoms with Gasteiger partial charge in [0.25, 0.3) is 0 Å². The van der Waals surface area contributed by atoms with Crippen molar-refractivity contribution in [2.45, 2.75) is 56.0 Å². The average Bonchev–Trinajstić information content (AvgIpc) is 2.73. The molecule has 0 amide bonds. The van der Waals surface area contributed by atoms with Gasteiger partial charge < -0.3 is 0 Å². The molecule has 2 unspecified atom stereocenters. The van der Waals surface area contributed by atoms with Gasteiger partial charge in [-0.05, 0) is 30.5 Å². The molecule has 1 aliphatic heterocycles. The first-order valence-corrected chi connectivity index (χ1v) is 11.0. The van der Waals surface area contributed by atoms with Gasteiger partial charge in [-0.25, -0.2) is 17.2 Å². The van der Waals surface area contributed by atoms with Crippen molar-refractivity contribution >= 4 is 9.84 Å². The van der Waals surface area contributed by atoms with Gasteiger partial charge in [0.05, 0.1) is 16.7 Å². The van der Waals surface area contributed by atoms with Crippen LogP contribution in [0, 0.1) is 11.6 Å². The number of halogens is 2. The van der Waals surface area contributed by atoms with E-state index in [4.69, 9.17) is 0 Å².